The molecule has 0 spiro atoms. The molecule has 1 amide bonds. The van der Waals surface area contributed by atoms with E-state index in [9.17, 15) is 4.79 Å². The second-order valence-electron chi connectivity index (χ2n) is 5.91. The van der Waals surface area contributed by atoms with Crippen LogP contribution in [0.15, 0.2) is 29.2 Å². The van der Waals surface area contributed by atoms with Gasteiger partial charge in [0.1, 0.15) is 0 Å². The van der Waals surface area contributed by atoms with E-state index in [-0.39, 0.29) is 5.91 Å². The lowest BCUT2D eigenvalue weighted by Crippen LogP contribution is -2.41. The highest BCUT2D eigenvalue weighted by Gasteiger charge is 2.34. The van der Waals surface area contributed by atoms with Crippen LogP contribution in [0.2, 0.25) is 0 Å². The Balaban J connectivity index is 1.55. The van der Waals surface area contributed by atoms with Crippen LogP contribution in [0.25, 0.3) is 0 Å². The van der Waals surface area contributed by atoms with E-state index in [0.29, 0.717) is 12.6 Å². The summed E-state index contributed by atoms with van der Waals surface area (Å²) in [6.07, 6.45) is 4.59. The van der Waals surface area contributed by atoms with Gasteiger partial charge in [-0.2, -0.15) is 0 Å². The summed E-state index contributed by atoms with van der Waals surface area (Å²) in [5, 5.41) is 6.62. The number of carbonyl (C=O) groups excluding carboxylic acids is 1. The van der Waals surface area contributed by atoms with Gasteiger partial charge in [0.15, 0.2) is 0 Å². The van der Waals surface area contributed by atoms with E-state index >= 15 is 0 Å². The number of likely N-dealkylation sites (tertiary alicyclic amines) is 1. The number of hydrogen-bond acceptors (Lipinski definition) is 4. The summed E-state index contributed by atoms with van der Waals surface area (Å²) in [5.41, 5.74) is 0.921. The first-order valence-electron chi connectivity index (χ1n) is 7.65. The zero-order valence-electron chi connectivity index (χ0n) is 12.5. The van der Waals surface area contributed by atoms with Gasteiger partial charge >= 0.3 is 0 Å². The number of nitrogens with zero attached hydrogens (tertiary/aromatic N) is 1. The standard InChI is InChI=1S/C16H23N3OS/c1-21-15-7-3-2-6-13(15)18-16(20)11-19-9-12-5-4-8-17-14(12)10-19/h2-3,6-7,12,14,17H,4-5,8-11H2,1H3,(H,18,20). The van der Waals surface area contributed by atoms with Crippen molar-refractivity contribution < 1.29 is 4.79 Å². The summed E-state index contributed by atoms with van der Waals surface area (Å²) in [7, 11) is 0. The van der Waals surface area contributed by atoms with Crippen molar-refractivity contribution in [3.63, 3.8) is 0 Å². The summed E-state index contributed by atoms with van der Waals surface area (Å²) >= 11 is 1.66. The molecule has 1 aromatic rings. The maximum atomic E-state index is 12.3. The van der Waals surface area contributed by atoms with E-state index in [1.807, 2.05) is 30.5 Å². The highest BCUT2D eigenvalue weighted by Crippen LogP contribution is 2.26. The van der Waals surface area contributed by atoms with Gasteiger partial charge in [-0.05, 0) is 43.7 Å². The van der Waals surface area contributed by atoms with Gasteiger partial charge in [0.25, 0.3) is 0 Å². The molecular weight excluding hydrogens is 282 g/mol. The molecule has 2 aliphatic heterocycles. The summed E-state index contributed by atoms with van der Waals surface area (Å²) < 4.78 is 0. The molecule has 2 unspecified atom stereocenters. The number of fused-ring (bicyclic) bond motifs is 1. The van der Waals surface area contributed by atoms with Gasteiger partial charge in [0, 0.05) is 24.0 Å². The normalized spacial score (nSPS) is 25.6. The topological polar surface area (TPSA) is 44.4 Å². The number of para-hydroxylation sites is 1. The van der Waals surface area contributed by atoms with Gasteiger partial charge < -0.3 is 10.6 Å². The van der Waals surface area contributed by atoms with Gasteiger partial charge in [0.2, 0.25) is 5.91 Å². The fraction of sp³-hybridized carbons (Fsp3) is 0.562. The molecule has 2 fully saturated rings. The van der Waals surface area contributed by atoms with E-state index in [4.69, 9.17) is 0 Å². The van der Waals surface area contributed by atoms with Gasteiger partial charge in [-0.15, -0.1) is 11.8 Å². The van der Waals surface area contributed by atoms with Crippen molar-refractivity contribution in [1.82, 2.24) is 10.2 Å². The molecule has 1 aromatic carbocycles. The maximum Gasteiger partial charge on any atom is 0.238 e. The summed E-state index contributed by atoms with van der Waals surface area (Å²) in [6, 6.07) is 8.55. The van der Waals surface area contributed by atoms with E-state index in [0.717, 1.165) is 36.1 Å². The van der Waals surface area contributed by atoms with Crippen LogP contribution in [-0.2, 0) is 4.79 Å². The molecule has 0 saturated carbocycles. The zero-order valence-corrected chi connectivity index (χ0v) is 13.3. The van der Waals surface area contributed by atoms with Crippen LogP contribution in [0.3, 0.4) is 0 Å². The fourth-order valence-electron chi connectivity index (χ4n) is 3.41. The van der Waals surface area contributed by atoms with Gasteiger partial charge in [-0.25, -0.2) is 0 Å². The van der Waals surface area contributed by atoms with Crippen LogP contribution in [0.4, 0.5) is 5.69 Å². The summed E-state index contributed by atoms with van der Waals surface area (Å²) in [6.45, 7) is 3.68. The number of piperidine rings is 1. The second kappa shape index (κ2) is 6.81. The lowest BCUT2D eigenvalue weighted by molar-refractivity contribution is -0.117. The number of rotatable bonds is 4. The molecule has 2 heterocycles. The second-order valence-corrected chi connectivity index (χ2v) is 6.75. The first-order chi connectivity index (χ1) is 10.3. The Morgan fingerprint density at radius 1 is 1.43 bits per heavy atom. The molecule has 0 aromatic heterocycles. The molecule has 2 saturated heterocycles. The molecule has 0 radical (unpaired) electrons. The smallest absolute Gasteiger partial charge is 0.238 e. The minimum absolute atomic E-state index is 0.0927. The van der Waals surface area contributed by atoms with E-state index in [2.05, 4.69) is 15.5 Å². The predicted octanol–water partition coefficient (Wildman–Crippen LogP) is 2.03. The first-order valence-corrected chi connectivity index (χ1v) is 8.87. The number of carbonyl (C=O) groups is 1. The molecule has 3 rings (SSSR count). The third-order valence-electron chi connectivity index (χ3n) is 4.42. The molecule has 2 aliphatic rings. The summed E-state index contributed by atoms with van der Waals surface area (Å²) in [5.74, 6) is 0.820. The SMILES string of the molecule is CSc1ccccc1NC(=O)CN1CC2CCCNC2C1. The molecule has 0 aliphatic carbocycles. The van der Waals surface area contributed by atoms with Crippen molar-refractivity contribution in [1.29, 1.82) is 0 Å². The third kappa shape index (κ3) is 3.59. The van der Waals surface area contributed by atoms with Crippen molar-refractivity contribution in [2.75, 3.05) is 37.8 Å². The Morgan fingerprint density at radius 2 is 2.29 bits per heavy atom. The molecule has 2 N–H and O–H groups in total. The van der Waals surface area contributed by atoms with Crippen LogP contribution in [0.1, 0.15) is 12.8 Å². The maximum absolute atomic E-state index is 12.3. The van der Waals surface area contributed by atoms with Crippen molar-refractivity contribution in [2.45, 2.75) is 23.8 Å². The minimum atomic E-state index is 0.0927. The number of benzene rings is 1. The Kier molecular flexibility index (Phi) is 4.83. The number of hydrogen-bond donors (Lipinski definition) is 2. The minimum Gasteiger partial charge on any atom is -0.324 e. The molecule has 21 heavy (non-hydrogen) atoms. The monoisotopic (exact) mass is 305 g/mol. The van der Waals surface area contributed by atoms with Crippen LogP contribution in [0, 0.1) is 5.92 Å². The van der Waals surface area contributed by atoms with Gasteiger partial charge in [0.05, 0.1) is 12.2 Å². The Labute approximate surface area is 130 Å². The fourth-order valence-corrected chi connectivity index (χ4v) is 3.96. The predicted molar refractivity (Wildman–Crippen MR) is 87.8 cm³/mol. The highest BCUT2D eigenvalue weighted by molar-refractivity contribution is 7.98. The van der Waals surface area contributed by atoms with Crippen LogP contribution >= 0.6 is 11.8 Å². The van der Waals surface area contributed by atoms with Crippen molar-refractivity contribution in [2.24, 2.45) is 5.92 Å². The van der Waals surface area contributed by atoms with E-state index < -0.39 is 0 Å². The van der Waals surface area contributed by atoms with Crippen LogP contribution in [-0.4, -0.2) is 49.3 Å². The number of thioether (sulfide) groups is 1. The highest BCUT2D eigenvalue weighted by atomic mass is 32.2. The van der Waals surface area contributed by atoms with E-state index in [1.165, 1.54) is 12.8 Å². The first kappa shape index (κ1) is 14.9. The number of nitrogens with one attached hydrogen (secondary N) is 2. The summed E-state index contributed by atoms with van der Waals surface area (Å²) in [4.78, 5) is 15.7. The Bertz CT molecular complexity index is 494. The molecule has 114 valence electrons. The van der Waals surface area contributed by atoms with Gasteiger partial charge in [-0.1, -0.05) is 12.1 Å². The molecule has 5 heteroatoms. The molecular formula is C16H23N3OS. The number of anilines is 1. The third-order valence-corrected chi connectivity index (χ3v) is 5.22. The zero-order chi connectivity index (χ0) is 14.7. The lowest BCUT2D eigenvalue weighted by atomic mass is 9.94. The number of amides is 1. The Morgan fingerprint density at radius 3 is 3.10 bits per heavy atom. The van der Waals surface area contributed by atoms with E-state index in [1.54, 1.807) is 11.8 Å². The molecule has 0 bridgehead atoms. The van der Waals surface area contributed by atoms with Gasteiger partial charge in [-0.3, -0.25) is 9.69 Å². The average molecular weight is 305 g/mol. The van der Waals surface area contributed by atoms with Crippen LogP contribution in [0.5, 0.6) is 0 Å². The van der Waals surface area contributed by atoms with Crippen molar-refractivity contribution in [3.8, 4) is 0 Å². The Hall–Kier alpha value is -1.04. The quantitative estimate of drug-likeness (QED) is 0.836. The van der Waals surface area contributed by atoms with Crippen LogP contribution < -0.4 is 10.6 Å². The molecule has 4 nitrogen and oxygen atoms in total. The largest absolute Gasteiger partial charge is 0.324 e. The lowest BCUT2D eigenvalue weighted by Gasteiger charge is -2.24. The average Bonchev–Trinajstić information content (AvgIpc) is 2.89. The van der Waals surface area contributed by atoms with Crippen molar-refractivity contribution in [3.05, 3.63) is 24.3 Å². The molecule has 2 atom stereocenters. The van der Waals surface area contributed by atoms with Crippen molar-refractivity contribution >= 4 is 23.4 Å².